The lowest BCUT2D eigenvalue weighted by molar-refractivity contribution is 1.25. The van der Waals surface area contributed by atoms with E-state index in [1.165, 1.54) is 0 Å². The van der Waals surface area contributed by atoms with Crippen molar-refractivity contribution in [1.82, 2.24) is 0 Å². The third-order valence-electron chi connectivity index (χ3n) is 1.39. The van der Waals surface area contributed by atoms with E-state index < -0.39 is 0 Å². The fraction of sp³-hybridized carbons (Fsp3) is 0.125. The van der Waals surface area contributed by atoms with Gasteiger partial charge >= 0.3 is 0 Å². The van der Waals surface area contributed by atoms with Gasteiger partial charge in [0.05, 0.1) is 5.71 Å². The van der Waals surface area contributed by atoms with Gasteiger partial charge in [0.2, 0.25) is 0 Å². The van der Waals surface area contributed by atoms with Crippen molar-refractivity contribution in [1.29, 1.82) is 0 Å². The Morgan fingerprint density at radius 2 is 2.10 bits per heavy atom. The van der Waals surface area contributed by atoms with Gasteiger partial charge in [0, 0.05) is 0 Å². The van der Waals surface area contributed by atoms with Gasteiger partial charge in [-0.1, -0.05) is 24.3 Å². The predicted molar refractivity (Wildman–Crippen MR) is 43.7 cm³/mol. The molecule has 2 nitrogen and oxygen atoms in total. The molecular weight excluding hydrogens is 124 g/mol. The number of allylic oxidation sites excluding steroid dienone is 6. The second-order valence-electron chi connectivity index (χ2n) is 1.98. The number of hydrazone groups is 1. The highest BCUT2D eigenvalue weighted by molar-refractivity contribution is 6.11. The monoisotopic (exact) mass is 134 g/mol. The molecule has 0 bridgehead atoms. The highest BCUT2D eigenvalue weighted by Gasteiger charge is 1.99. The van der Waals surface area contributed by atoms with Gasteiger partial charge in [0.1, 0.15) is 0 Å². The predicted octanol–water partition coefficient (Wildman–Crippen LogP) is 1.37. The quantitative estimate of drug-likeness (QED) is 0.394. The van der Waals surface area contributed by atoms with Crippen LogP contribution in [0.5, 0.6) is 0 Å². The highest BCUT2D eigenvalue weighted by atomic mass is 15.1. The molecule has 0 amide bonds. The van der Waals surface area contributed by atoms with E-state index in [0.29, 0.717) is 0 Å². The Morgan fingerprint density at radius 1 is 1.40 bits per heavy atom. The lowest BCUT2D eigenvalue weighted by atomic mass is 10.1. The van der Waals surface area contributed by atoms with Crippen molar-refractivity contribution < 1.29 is 0 Å². The van der Waals surface area contributed by atoms with Crippen molar-refractivity contribution in [2.45, 2.75) is 6.92 Å². The molecule has 0 heterocycles. The van der Waals surface area contributed by atoms with Gasteiger partial charge in [-0.3, -0.25) is 0 Å². The van der Waals surface area contributed by atoms with E-state index in [4.69, 9.17) is 5.84 Å². The molecule has 0 unspecified atom stereocenters. The summed E-state index contributed by atoms with van der Waals surface area (Å²) in [7, 11) is 0. The molecule has 10 heavy (non-hydrogen) atoms. The minimum atomic E-state index is 0.838. The van der Waals surface area contributed by atoms with Gasteiger partial charge in [-0.25, -0.2) is 0 Å². The molecule has 1 rings (SSSR count). The van der Waals surface area contributed by atoms with Crippen LogP contribution < -0.4 is 5.84 Å². The summed E-state index contributed by atoms with van der Waals surface area (Å²) in [6.45, 7) is 1.96. The maximum absolute atomic E-state index is 5.13. The number of nitrogens with zero attached hydrogens (tertiary/aromatic N) is 1. The van der Waals surface area contributed by atoms with Crippen LogP contribution in [0.15, 0.2) is 41.1 Å². The lowest BCUT2D eigenvalue weighted by Gasteiger charge is -2.02. The van der Waals surface area contributed by atoms with Crippen LogP contribution in [0.3, 0.4) is 0 Å². The summed E-state index contributed by atoms with van der Waals surface area (Å²) < 4.78 is 0. The van der Waals surface area contributed by atoms with Gasteiger partial charge in [-0.05, 0) is 18.6 Å². The molecule has 1 aliphatic carbocycles. The van der Waals surface area contributed by atoms with Crippen LogP contribution in [-0.2, 0) is 0 Å². The van der Waals surface area contributed by atoms with Crippen LogP contribution in [0, 0.1) is 0 Å². The third-order valence-corrected chi connectivity index (χ3v) is 1.39. The van der Waals surface area contributed by atoms with E-state index in [9.17, 15) is 0 Å². The normalized spacial score (nSPS) is 24.5. The molecule has 1 aliphatic rings. The number of nitrogens with two attached hydrogens (primary N) is 1. The molecule has 2 N–H and O–H groups in total. The Balaban J connectivity index is 2.96. The summed E-state index contributed by atoms with van der Waals surface area (Å²) in [5.41, 5.74) is 1.91. The molecule has 0 spiro atoms. The van der Waals surface area contributed by atoms with Gasteiger partial charge in [-0.15, -0.1) is 0 Å². The number of rotatable bonds is 0. The smallest absolute Gasteiger partial charge is 0.0895 e. The minimum Gasteiger partial charge on any atom is -0.323 e. The summed E-state index contributed by atoms with van der Waals surface area (Å²) in [6, 6.07) is 0. The Bertz CT molecular complexity index is 206. The fourth-order valence-corrected chi connectivity index (χ4v) is 0.849. The molecule has 2 heteroatoms. The molecule has 0 radical (unpaired) electrons. The van der Waals surface area contributed by atoms with E-state index in [-0.39, 0.29) is 0 Å². The number of hydrogen-bond acceptors (Lipinski definition) is 2. The Kier molecular flexibility index (Phi) is 2.05. The van der Waals surface area contributed by atoms with Crippen molar-refractivity contribution >= 4 is 5.71 Å². The molecule has 0 aromatic rings. The summed E-state index contributed by atoms with van der Waals surface area (Å²) in [6.07, 6.45) is 9.72. The standard InChI is InChI=1S/C8H10N2/c1-2-7-5-3-4-6-8(7)10-9/h2-6H,9H2,1H3/b7-2-,10-8-. The maximum atomic E-state index is 5.13. The average Bonchev–Trinajstić information content (AvgIpc) is 2.04. The molecule has 0 saturated carbocycles. The molecule has 0 fully saturated rings. The molecule has 0 saturated heterocycles. The lowest BCUT2D eigenvalue weighted by Crippen LogP contribution is -2.02. The molecular formula is C8H10N2. The summed E-state index contributed by atoms with van der Waals surface area (Å²) in [5, 5.41) is 3.61. The average molecular weight is 134 g/mol. The first-order chi connectivity index (χ1) is 4.88. The Labute approximate surface area is 60.4 Å². The zero-order valence-electron chi connectivity index (χ0n) is 5.91. The Morgan fingerprint density at radius 3 is 2.60 bits per heavy atom. The summed E-state index contributed by atoms with van der Waals surface area (Å²) in [4.78, 5) is 0. The number of hydrogen-bond donors (Lipinski definition) is 1. The van der Waals surface area contributed by atoms with E-state index in [0.717, 1.165) is 11.3 Å². The molecule has 0 aromatic carbocycles. The molecule has 0 aromatic heterocycles. The van der Waals surface area contributed by atoms with Crippen molar-refractivity contribution in [2.75, 3.05) is 0 Å². The second-order valence-corrected chi connectivity index (χ2v) is 1.98. The second kappa shape index (κ2) is 3.01. The SMILES string of the molecule is C/C=C1/C=CC=C/C1=N/N. The summed E-state index contributed by atoms with van der Waals surface area (Å²) >= 11 is 0. The molecule has 52 valence electrons. The first-order valence-electron chi connectivity index (χ1n) is 3.18. The van der Waals surface area contributed by atoms with E-state index >= 15 is 0 Å². The van der Waals surface area contributed by atoms with E-state index in [1.807, 2.05) is 37.3 Å². The first-order valence-corrected chi connectivity index (χ1v) is 3.18. The van der Waals surface area contributed by atoms with Crippen LogP contribution >= 0.6 is 0 Å². The fourth-order valence-electron chi connectivity index (χ4n) is 0.849. The zero-order chi connectivity index (χ0) is 7.40. The Hall–Kier alpha value is -1.31. The zero-order valence-corrected chi connectivity index (χ0v) is 5.91. The van der Waals surface area contributed by atoms with Crippen molar-refractivity contribution in [3.05, 3.63) is 36.0 Å². The first kappa shape index (κ1) is 6.81. The van der Waals surface area contributed by atoms with Crippen molar-refractivity contribution in [2.24, 2.45) is 10.9 Å². The van der Waals surface area contributed by atoms with Gasteiger partial charge < -0.3 is 5.84 Å². The highest BCUT2D eigenvalue weighted by Crippen LogP contribution is 2.06. The topological polar surface area (TPSA) is 38.4 Å². The van der Waals surface area contributed by atoms with E-state index in [2.05, 4.69) is 5.10 Å². The van der Waals surface area contributed by atoms with Crippen LogP contribution in [0.1, 0.15) is 6.92 Å². The minimum absolute atomic E-state index is 0.838. The van der Waals surface area contributed by atoms with Gasteiger partial charge in [-0.2, -0.15) is 5.10 Å². The van der Waals surface area contributed by atoms with Crippen molar-refractivity contribution in [3.8, 4) is 0 Å². The molecule has 0 atom stereocenters. The largest absolute Gasteiger partial charge is 0.323 e. The van der Waals surface area contributed by atoms with Crippen LogP contribution in [-0.4, -0.2) is 5.71 Å². The van der Waals surface area contributed by atoms with Gasteiger partial charge in [0.25, 0.3) is 0 Å². The van der Waals surface area contributed by atoms with Crippen molar-refractivity contribution in [3.63, 3.8) is 0 Å². The van der Waals surface area contributed by atoms with Crippen LogP contribution in [0.2, 0.25) is 0 Å². The van der Waals surface area contributed by atoms with Gasteiger partial charge in [0.15, 0.2) is 0 Å². The third kappa shape index (κ3) is 1.16. The van der Waals surface area contributed by atoms with Crippen LogP contribution in [0.4, 0.5) is 0 Å². The van der Waals surface area contributed by atoms with Crippen LogP contribution in [0.25, 0.3) is 0 Å². The maximum Gasteiger partial charge on any atom is 0.0895 e. The van der Waals surface area contributed by atoms with E-state index in [1.54, 1.807) is 0 Å². The summed E-state index contributed by atoms with van der Waals surface area (Å²) in [5.74, 6) is 5.13. The molecule has 0 aliphatic heterocycles.